The van der Waals surface area contributed by atoms with Crippen LogP contribution in [0.4, 0.5) is 0 Å². The van der Waals surface area contributed by atoms with Crippen LogP contribution >= 0.6 is 0 Å². The van der Waals surface area contributed by atoms with Gasteiger partial charge in [-0.25, -0.2) is 0 Å². The van der Waals surface area contributed by atoms with Gasteiger partial charge in [-0.1, -0.05) is 39.0 Å². The molecule has 1 aromatic carbocycles. The average Bonchev–Trinajstić information content (AvgIpc) is 2.29. The van der Waals surface area contributed by atoms with Gasteiger partial charge in [0.15, 0.2) is 0 Å². The van der Waals surface area contributed by atoms with Gasteiger partial charge in [-0.2, -0.15) is 0 Å². The number of hydrazine groups is 1. The Balaban J connectivity index is 2.85. The Labute approximate surface area is 117 Å². The summed E-state index contributed by atoms with van der Waals surface area (Å²) in [5, 5.41) is 0. The summed E-state index contributed by atoms with van der Waals surface area (Å²) in [5.74, 6) is 6.65. The molecule has 0 heterocycles. The summed E-state index contributed by atoms with van der Waals surface area (Å²) in [4.78, 5) is 0. The van der Waals surface area contributed by atoms with Crippen molar-refractivity contribution in [1.29, 1.82) is 0 Å². The van der Waals surface area contributed by atoms with Gasteiger partial charge in [-0.05, 0) is 38.2 Å². The summed E-state index contributed by atoms with van der Waals surface area (Å²) in [6.07, 6.45) is 2.28. The van der Waals surface area contributed by atoms with Crippen LogP contribution in [0.2, 0.25) is 0 Å². The van der Waals surface area contributed by atoms with Crippen LogP contribution in [-0.4, -0.2) is 6.10 Å². The summed E-state index contributed by atoms with van der Waals surface area (Å²) < 4.78 is 5.86. The summed E-state index contributed by atoms with van der Waals surface area (Å²) in [5.41, 5.74) is 4.37. The molecular weight excluding hydrogens is 236 g/mol. The van der Waals surface area contributed by atoms with E-state index in [2.05, 4.69) is 32.3 Å². The lowest BCUT2D eigenvalue weighted by molar-refractivity contribution is 0.235. The van der Waals surface area contributed by atoms with Crippen LogP contribution in [0.15, 0.2) is 24.3 Å². The van der Waals surface area contributed by atoms with Crippen molar-refractivity contribution in [2.45, 2.75) is 59.6 Å². The van der Waals surface area contributed by atoms with Crippen LogP contribution in [0.1, 0.15) is 59.1 Å². The topological polar surface area (TPSA) is 47.3 Å². The van der Waals surface area contributed by atoms with E-state index in [1.54, 1.807) is 0 Å². The van der Waals surface area contributed by atoms with Crippen LogP contribution in [0, 0.1) is 5.41 Å². The molecule has 0 spiro atoms. The first kappa shape index (κ1) is 16.0. The maximum Gasteiger partial charge on any atom is 0.124 e. The molecule has 0 aliphatic carbocycles. The monoisotopic (exact) mass is 264 g/mol. The van der Waals surface area contributed by atoms with Crippen molar-refractivity contribution < 1.29 is 4.74 Å². The quantitative estimate of drug-likeness (QED) is 0.607. The molecule has 0 fully saturated rings. The minimum atomic E-state index is 0.133. The van der Waals surface area contributed by atoms with E-state index in [0.29, 0.717) is 5.41 Å². The summed E-state index contributed by atoms with van der Waals surface area (Å²) >= 11 is 0. The molecule has 3 heteroatoms. The molecule has 3 N–H and O–H groups in total. The Morgan fingerprint density at radius 2 is 1.84 bits per heavy atom. The Hall–Kier alpha value is -1.06. The molecule has 0 aromatic heterocycles. The van der Waals surface area contributed by atoms with Crippen LogP contribution in [0.25, 0.3) is 0 Å². The molecule has 0 aliphatic rings. The lowest BCUT2D eigenvalue weighted by atomic mass is 9.87. The van der Waals surface area contributed by atoms with E-state index in [-0.39, 0.29) is 12.1 Å². The van der Waals surface area contributed by atoms with Gasteiger partial charge in [-0.15, -0.1) is 0 Å². The van der Waals surface area contributed by atoms with E-state index in [1.807, 2.05) is 32.0 Å². The Bertz CT molecular complexity index is 383. The SMILES string of the molecule is CC(C)Oc1ccccc1C(CCC(C)(C)C)NN. The predicted octanol–water partition coefficient (Wildman–Crippen LogP) is 3.80. The number of ether oxygens (including phenoxy) is 1. The predicted molar refractivity (Wildman–Crippen MR) is 81.0 cm³/mol. The van der Waals surface area contributed by atoms with Gasteiger partial charge in [0.25, 0.3) is 0 Å². The molecule has 1 unspecified atom stereocenters. The third kappa shape index (κ3) is 5.62. The van der Waals surface area contributed by atoms with Gasteiger partial charge in [0, 0.05) is 11.6 Å². The summed E-state index contributed by atoms with van der Waals surface area (Å²) in [6, 6.07) is 8.26. The summed E-state index contributed by atoms with van der Waals surface area (Å²) in [7, 11) is 0. The van der Waals surface area contributed by atoms with Crippen LogP contribution in [0.3, 0.4) is 0 Å². The zero-order valence-electron chi connectivity index (χ0n) is 12.9. The highest BCUT2D eigenvalue weighted by molar-refractivity contribution is 5.36. The lowest BCUT2D eigenvalue weighted by Crippen LogP contribution is -2.29. The van der Waals surface area contributed by atoms with Crippen molar-refractivity contribution in [2.24, 2.45) is 11.3 Å². The summed E-state index contributed by atoms with van der Waals surface area (Å²) in [6.45, 7) is 10.8. The number of hydrogen-bond acceptors (Lipinski definition) is 3. The molecule has 3 nitrogen and oxygen atoms in total. The van der Waals surface area contributed by atoms with Crippen LogP contribution in [0.5, 0.6) is 5.75 Å². The van der Waals surface area contributed by atoms with Gasteiger partial charge in [0.1, 0.15) is 5.75 Å². The van der Waals surface area contributed by atoms with Crippen molar-refractivity contribution in [1.82, 2.24) is 5.43 Å². The second-order valence-corrected chi connectivity index (χ2v) is 6.52. The molecule has 108 valence electrons. The van der Waals surface area contributed by atoms with Gasteiger partial charge in [0.05, 0.1) is 6.10 Å². The molecule has 0 saturated heterocycles. The molecule has 19 heavy (non-hydrogen) atoms. The highest BCUT2D eigenvalue weighted by atomic mass is 16.5. The number of nitrogens with one attached hydrogen (secondary N) is 1. The fourth-order valence-corrected chi connectivity index (χ4v) is 2.04. The fourth-order valence-electron chi connectivity index (χ4n) is 2.04. The number of nitrogens with two attached hydrogens (primary N) is 1. The van der Waals surface area contributed by atoms with Crippen molar-refractivity contribution >= 4 is 0 Å². The first-order valence-corrected chi connectivity index (χ1v) is 7.05. The Morgan fingerprint density at radius 3 is 2.37 bits per heavy atom. The zero-order valence-corrected chi connectivity index (χ0v) is 12.9. The van der Waals surface area contributed by atoms with E-state index in [0.717, 1.165) is 24.2 Å². The second-order valence-electron chi connectivity index (χ2n) is 6.52. The molecule has 0 saturated carbocycles. The van der Waals surface area contributed by atoms with Gasteiger partial charge in [0.2, 0.25) is 0 Å². The normalized spacial score (nSPS) is 13.6. The van der Waals surface area contributed by atoms with Crippen LogP contribution in [-0.2, 0) is 0 Å². The molecular formula is C16H28N2O. The average molecular weight is 264 g/mol. The minimum absolute atomic E-state index is 0.133. The molecule has 1 aromatic rings. The van der Waals surface area contributed by atoms with Gasteiger partial charge in [-0.3, -0.25) is 11.3 Å². The number of benzene rings is 1. The maximum absolute atomic E-state index is 5.86. The highest BCUT2D eigenvalue weighted by Crippen LogP contribution is 2.31. The van der Waals surface area contributed by atoms with E-state index >= 15 is 0 Å². The first-order valence-electron chi connectivity index (χ1n) is 7.05. The Kier molecular flexibility index (Phi) is 5.83. The zero-order chi connectivity index (χ0) is 14.5. The maximum atomic E-state index is 5.86. The molecule has 0 amide bonds. The molecule has 0 bridgehead atoms. The standard InChI is InChI=1S/C16H28N2O/c1-12(2)19-15-9-7-6-8-13(15)14(18-17)10-11-16(3,4)5/h6-9,12,14,18H,10-11,17H2,1-5H3. The Morgan fingerprint density at radius 1 is 1.21 bits per heavy atom. The first-order chi connectivity index (χ1) is 8.83. The third-order valence-corrected chi connectivity index (χ3v) is 3.04. The van der Waals surface area contributed by atoms with Crippen molar-refractivity contribution in [3.63, 3.8) is 0 Å². The van der Waals surface area contributed by atoms with Crippen LogP contribution < -0.4 is 16.0 Å². The van der Waals surface area contributed by atoms with E-state index < -0.39 is 0 Å². The molecule has 1 atom stereocenters. The van der Waals surface area contributed by atoms with E-state index in [4.69, 9.17) is 10.6 Å². The molecule has 0 aliphatic heterocycles. The number of hydrogen-bond donors (Lipinski definition) is 2. The van der Waals surface area contributed by atoms with Crippen molar-refractivity contribution in [3.05, 3.63) is 29.8 Å². The largest absolute Gasteiger partial charge is 0.491 e. The molecule has 0 radical (unpaired) electrons. The molecule has 1 rings (SSSR count). The number of para-hydroxylation sites is 1. The second kappa shape index (κ2) is 6.92. The van der Waals surface area contributed by atoms with E-state index in [9.17, 15) is 0 Å². The van der Waals surface area contributed by atoms with Gasteiger partial charge < -0.3 is 4.74 Å². The highest BCUT2D eigenvalue weighted by Gasteiger charge is 2.19. The van der Waals surface area contributed by atoms with Crippen molar-refractivity contribution in [3.8, 4) is 5.75 Å². The minimum Gasteiger partial charge on any atom is -0.491 e. The van der Waals surface area contributed by atoms with E-state index in [1.165, 1.54) is 0 Å². The fraction of sp³-hybridized carbons (Fsp3) is 0.625. The smallest absolute Gasteiger partial charge is 0.124 e. The lowest BCUT2D eigenvalue weighted by Gasteiger charge is -2.25. The number of rotatable bonds is 6. The third-order valence-electron chi connectivity index (χ3n) is 3.04. The van der Waals surface area contributed by atoms with Crippen molar-refractivity contribution in [2.75, 3.05) is 0 Å². The van der Waals surface area contributed by atoms with Gasteiger partial charge >= 0.3 is 0 Å².